The van der Waals surface area contributed by atoms with Crippen molar-refractivity contribution in [1.82, 2.24) is 9.97 Å². The molecular weight excluding hydrogens is 380 g/mol. The molecule has 0 amide bonds. The number of nitrogens with zero attached hydrogens (tertiary/aromatic N) is 2. The lowest BCUT2D eigenvalue weighted by Crippen LogP contribution is -2.01. The van der Waals surface area contributed by atoms with Crippen LogP contribution in [0.2, 0.25) is 0 Å². The number of fused-ring (bicyclic) bond motifs is 1. The van der Waals surface area contributed by atoms with E-state index in [0.717, 1.165) is 28.1 Å². The molecule has 2 N–H and O–H groups in total. The Morgan fingerprint density at radius 2 is 1.93 bits per heavy atom. The molecule has 0 spiro atoms. The molecule has 150 valence electrons. The van der Waals surface area contributed by atoms with E-state index in [-0.39, 0.29) is 11.4 Å². The normalized spacial score (nSPS) is 10.7. The Bertz CT molecular complexity index is 1200. The molecule has 0 bridgehead atoms. The van der Waals surface area contributed by atoms with E-state index in [1.54, 1.807) is 19.1 Å². The molecular formula is C23H20N4O3. The SMILES string of the molecule is C=C(Nc1ccc(-c2nc3ccccc3[nH]2)cc1)c1ccc(OCC)c([N+](=O)[O-])c1. The Morgan fingerprint density at radius 3 is 2.63 bits per heavy atom. The van der Waals surface area contributed by atoms with E-state index >= 15 is 0 Å². The average molecular weight is 400 g/mol. The van der Waals surface area contributed by atoms with Gasteiger partial charge in [-0.05, 0) is 55.5 Å². The Kier molecular flexibility index (Phi) is 5.17. The van der Waals surface area contributed by atoms with E-state index in [1.807, 2.05) is 48.5 Å². The monoisotopic (exact) mass is 400 g/mol. The maximum Gasteiger partial charge on any atom is 0.311 e. The molecule has 0 unspecified atom stereocenters. The van der Waals surface area contributed by atoms with E-state index in [4.69, 9.17) is 4.74 Å². The molecule has 0 atom stereocenters. The number of hydrogen-bond acceptors (Lipinski definition) is 5. The van der Waals surface area contributed by atoms with Crippen molar-refractivity contribution in [3.63, 3.8) is 0 Å². The molecule has 30 heavy (non-hydrogen) atoms. The molecule has 7 heteroatoms. The molecule has 0 radical (unpaired) electrons. The first-order chi connectivity index (χ1) is 14.5. The van der Waals surface area contributed by atoms with Crippen molar-refractivity contribution < 1.29 is 9.66 Å². The second kappa shape index (κ2) is 8.08. The van der Waals surface area contributed by atoms with Gasteiger partial charge < -0.3 is 15.0 Å². The predicted octanol–water partition coefficient (Wildman–Crippen LogP) is 5.62. The molecule has 0 aliphatic rings. The van der Waals surface area contributed by atoms with E-state index in [1.165, 1.54) is 6.07 Å². The lowest BCUT2D eigenvalue weighted by molar-refractivity contribution is -0.385. The largest absolute Gasteiger partial charge is 0.487 e. The first-order valence-corrected chi connectivity index (χ1v) is 9.48. The summed E-state index contributed by atoms with van der Waals surface area (Å²) in [6, 6.07) is 20.4. The number of aromatic amines is 1. The molecule has 3 aromatic carbocycles. The Labute approximate surface area is 173 Å². The summed E-state index contributed by atoms with van der Waals surface area (Å²) in [5, 5.41) is 14.5. The molecule has 0 aliphatic heterocycles. The number of hydrogen-bond donors (Lipinski definition) is 2. The number of anilines is 1. The van der Waals surface area contributed by atoms with Gasteiger partial charge in [-0.25, -0.2) is 4.98 Å². The van der Waals surface area contributed by atoms with Crippen LogP contribution in [-0.4, -0.2) is 21.5 Å². The zero-order valence-electron chi connectivity index (χ0n) is 16.4. The van der Waals surface area contributed by atoms with E-state index < -0.39 is 4.92 Å². The summed E-state index contributed by atoms with van der Waals surface area (Å²) in [6.45, 7) is 6.16. The van der Waals surface area contributed by atoms with Crippen molar-refractivity contribution in [3.05, 3.63) is 89.0 Å². The van der Waals surface area contributed by atoms with Gasteiger partial charge in [0.25, 0.3) is 0 Å². The van der Waals surface area contributed by atoms with Crippen LogP contribution in [0.15, 0.2) is 73.3 Å². The van der Waals surface area contributed by atoms with Gasteiger partial charge in [0.15, 0.2) is 5.75 Å². The van der Waals surface area contributed by atoms with E-state index in [2.05, 4.69) is 21.9 Å². The molecule has 4 rings (SSSR count). The Morgan fingerprint density at radius 1 is 1.17 bits per heavy atom. The lowest BCUT2D eigenvalue weighted by Gasteiger charge is -2.11. The third kappa shape index (κ3) is 3.86. The number of nitro groups is 1. The van der Waals surface area contributed by atoms with Crippen LogP contribution in [0.5, 0.6) is 5.75 Å². The van der Waals surface area contributed by atoms with Crippen LogP contribution in [0.3, 0.4) is 0 Å². The third-order valence-electron chi connectivity index (χ3n) is 4.65. The first kappa shape index (κ1) is 19.2. The molecule has 1 heterocycles. The van der Waals surface area contributed by atoms with Crippen molar-refractivity contribution in [2.45, 2.75) is 6.92 Å². The highest BCUT2D eigenvalue weighted by Crippen LogP contribution is 2.31. The Balaban J connectivity index is 1.52. The topological polar surface area (TPSA) is 93.1 Å². The van der Waals surface area contributed by atoms with Crippen LogP contribution in [0.4, 0.5) is 11.4 Å². The number of imidazole rings is 1. The van der Waals surface area contributed by atoms with Gasteiger partial charge in [0.05, 0.1) is 22.6 Å². The maximum atomic E-state index is 11.3. The number of benzene rings is 3. The summed E-state index contributed by atoms with van der Waals surface area (Å²) < 4.78 is 5.33. The highest BCUT2D eigenvalue weighted by atomic mass is 16.6. The second-order valence-corrected chi connectivity index (χ2v) is 6.66. The number of para-hydroxylation sites is 2. The van der Waals surface area contributed by atoms with Crippen molar-refractivity contribution in [2.75, 3.05) is 11.9 Å². The Hall–Kier alpha value is -4.13. The number of rotatable bonds is 7. The van der Waals surface area contributed by atoms with Gasteiger partial charge in [0.2, 0.25) is 0 Å². The van der Waals surface area contributed by atoms with Gasteiger partial charge in [0, 0.05) is 28.6 Å². The zero-order chi connectivity index (χ0) is 21.1. The minimum Gasteiger partial charge on any atom is -0.487 e. The smallest absolute Gasteiger partial charge is 0.311 e. The fraction of sp³-hybridized carbons (Fsp3) is 0.0870. The van der Waals surface area contributed by atoms with Gasteiger partial charge >= 0.3 is 5.69 Å². The summed E-state index contributed by atoms with van der Waals surface area (Å²) in [5.41, 5.74) is 4.76. The minimum atomic E-state index is -0.454. The van der Waals surface area contributed by atoms with Gasteiger partial charge in [0.1, 0.15) is 5.82 Å². The van der Waals surface area contributed by atoms with Gasteiger partial charge in [-0.3, -0.25) is 10.1 Å². The highest BCUT2D eigenvalue weighted by molar-refractivity contribution is 5.80. The lowest BCUT2D eigenvalue weighted by atomic mass is 10.1. The molecule has 0 saturated carbocycles. The van der Waals surface area contributed by atoms with Gasteiger partial charge in [-0.2, -0.15) is 0 Å². The van der Waals surface area contributed by atoms with Crippen LogP contribution >= 0.6 is 0 Å². The van der Waals surface area contributed by atoms with Crippen LogP contribution in [-0.2, 0) is 0 Å². The van der Waals surface area contributed by atoms with Crippen molar-refractivity contribution in [3.8, 4) is 17.1 Å². The van der Waals surface area contributed by atoms with Gasteiger partial charge in [-0.1, -0.05) is 18.7 Å². The zero-order valence-corrected chi connectivity index (χ0v) is 16.4. The predicted molar refractivity (Wildman–Crippen MR) is 118 cm³/mol. The number of H-pyrrole nitrogens is 1. The summed E-state index contributed by atoms with van der Waals surface area (Å²) in [5.74, 6) is 1.04. The van der Waals surface area contributed by atoms with Crippen molar-refractivity contribution >= 4 is 28.1 Å². The van der Waals surface area contributed by atoms with Crippen molar-refractivity contribution in [2.24, 2.45) is 0 Å². The summed E-state index contributed by atoms with van der Waals surface area (Å²) in [6.07, 6.45) is 0. The number of aromatic nitrogens is 2. The fourth-order valence-electron chi connectivity index (χ4n) is 3.17. The summed E-state index contributed by atoms with van der Waals surface area (Å²) >= 11 is 0. The summed E-state index contributed by atoms with van der Waals surface area (Å²) in [7, 11) is 0. The number of nitro benzene ring substituents is 1. The van der Waals surface area contributed by atoms with Crippen LogP contribution in [0, 0.1) is 10.1 Å². The molecule has 0 aliphatic carbocycles. The number of ether oxygens (including phenoxy) is 1. The fourth-order valence-corrected chi connectivity index (χ4v) is 3.17. The maximum absolute atomic E-state index is 11.3. The first-order valence-electron chi connectivity index (χ1n) is 9.48. The molecule has 4 aromatic rings. The van der Waals surface area contributed by atoms with E-state index in [0.29, 0.717) is 17.9 Å². The average Bonchev–Trinajstić information content (AvgIpc) is 3.19. The standard InChI is InChI=1S/C23H20N4O3/c1-3-30-22-13-10-17(14-21(22)27(28)29)15(2)24-18-11-8-16(9-12-18)23-25-19-6-4-5-7-20(19)26-23/h4-14,24H,2-3H2,1H3,(H,25,26). The molecule has 0 saturated heterocycles. The molecule has 0 fully saturated rings. The van der Waals surface area contributed by atoms with Gasteiger partial charge in [-0.15, -0.1) is 0 Å². The molecule has 7 nitrogen and oxygen atoms in total. The van der Waals surface area contributed by atoms with Crippen LogP contribution in [0.1, 0.15) is 12.5 Å². The van der Waals surface area contributed by atoms with E-state index in [9.17, 15) is 10.1 Å². The minimum absolute atomic E-state index is 0.0856. The third-order valence-corrected chi connectivity index (χ3v) is 4.65. The molecule has 1 aromatic heterocycles. The second-order valence-electron chi connectivity index (χ2n) is 6.66. The highest BCUT2D eigenvalue weighted by Gasteiger charge is 2.17. The van der Waals surface area contributed by atoms with Crippen molar-refractivity contribution in [1.29, 1.82) is 0 Å². The van der Waals surface area contributed by atoms with Crippen LogP contribution < -0.4 is 10.1 Å². The quantitative estimate of drug-likeness (QED) is 0.310. The van der Waals surface area contributed by atoms with Crippen LogP contribution in [0.25, 0.3) is 28.1 Å². The summed E-state index contributed by atoms with van der Waals surface area (Å²) in [4.78, 5) is 18.8. The number of nitrogens with one attached hydrogen (secondary N) is 2.